The van der Waals surface area contributed by atoms with E-state index in [4.69, 9.17) is 9.72 Å². The molecular formula is C24H31N5O2. The highest BCUT2D eigenvalue weighted by Crippen LogP contribution is 2.41. The summed E-state index contributed by atoms with van der Waals surface area (Å²) in [5.74, 6) is 1.27. The first-order valence-electron chi connectivity index (χ1n) is 11.4. The van der Waals surface area contributed by atoms with E-state index in [0.717, 1.165) is 76.8 Å². The van der Waals surface area contributed by atoms with Crippen LogP contribution in [0.25, 0.3) is 0 Å². The minimum atomic E-state index is -0.199. The maximum absolute atomic E-state index is 12.5. The maximum Gasteiger partial charge on any atom is 0.225 e. The third-order valence-electron chi connectivity index (χ3n) is 6.86. The summed E-state index contributed by atoms with van der Waals surface area (Å²) in [6.45, 7) is 5.65. The molecule has 1 amide bonds. The molecule has 3 fully saturated rings. The lowest BCUT2D eigenvalue weighted by molar-refractivity contribution is -0.122. The number of nitrogens with one attached hydrogen (secondary N) is 1. The van der Waals surface area contributed by atoms with Crippen LogP contribution in [0.2, 0.25) is 0 Å². The molecule has 0 radical (unpaired) electrons. The van der Waals surface area contributed by atoms with Gasteiger partial charge in [-0.25, -0.2) is 9.97 Å². The van der Waals surface area contributed by atoms with Gasteiger partial charge in [0.15, 0.2) is 0 Å². The van der Waals surface area contributed by atoms with Crippen LogP contribution in [0, 0.1) is 0 Å². The van der Waals surface area contributed by atoms with E-state index in [0.29, 0.717) is 6.42 Å². The molecule has 1 N–H and O–H groups in total. The second kappa shape index (κ2) is 8.93. The van der Waals surface area contributed by atoms with Gasteiger partial charge in [-0.05, 0) is 24.5 Å². The molecule has 2 atom stereocenters. The number of hydrogen-bond donors (Lipinski definition) is 1. The van der Waals surface area contributed by atoms with E-state index in [-0.39, 0.29) is 17.4 Å². The average Bonchev–Trinajstić information content (AvgIpc) is 3.03. The average molecular weight is 422 g/mol. The van der Waals surface area contributed by atoms with Gasteiger partial charge in [0, 0.05) is 51.3 Å². The topological polar surface area (TPSA) is 70.6 Å². The predicted molar refractivity (Wildman–Crippen MR) is 119 cm³/mol. The number of carbonyl (C=O) groups excluding carboxylic acids is 1. The molecule has 31 heavy (non-hydrogen) atoms. The Bertz CT molecular complexity index is 902. The van der Waals surface area contributed by atoms with Crippen molar-refractivity contribution in [1.82, 2.24) is 20.2 Å². The summed E-state index contributed by atoms with van der Waals surface area (Å²) in [5, 5.41) is 3.45. The standard InChI is InChI=1S/C24H31N5O2/c30-22-8-4-5-10-24(27-22)18-28(17-21(24)19-6-2-1-3-7-19)16-20-9-11-25-23(26-20)29-12-14-31-15-13-29/h1-3,6-7,9,11,21H,4-5,8,10,12-18H2,(H,27,30)/t21-,24+/m0/s1. The molecule has 0 saturated carbocycles. The number of aromatic nitrogens is 2. The fraction of sp³-hybridized carbons (Fsp3) is 0.542. The largest absolute Gasteiger partial charge is 0.378 e. The number of carbonyl (C=O) groups is 1. The molecule has 1 aromatic heterocycles. The van der Waals surface area contributed by atoms with Gasteiger partial charge in [0.25, 0.3) is 0 Å². The number of amides is 1. The predicted octanol–water partition coefficient (Wildman–Crippen LogP) is 2.34. The Morgan fingerprint density at radius 3 is 2.81 bits per heavy atom. The Hall–Kier alpha value is -2.51. The van der Waals surface area contributed by atoms with Crippen molar-refractivity contribution >= 4 is 11.9 Å². The zero-order chi connectivity index (χ0) is 21.1. The van der Waals surface area contributed by atoms with Gasteiger partial charge in [-0.15, -0.1) is 0 Å². The van der Waals surface area contributed by atoms with Gasteiger partial charge in [-0.3, -0.25) is 9.69 Å². The van der Waals surface area contributed by atoms with E-state index in [1.807, 2.05) is 12.3 Å². The van der Waals surface area contributed by atoms with Crippen molar-refractivity contribution in [3.63, 3.8) is 0 Å². The van der Waals surface area contributed by atoms with Crippen LogP contribution in [-0.4, -0.2) is 65.7 Å². The highest BCUT2D eigenvalue weighted by molar-refractivity contribution is 5.77. The molecular weight excluding hydrogens is 390 g/mol. The van der Waals surface area contributed by atoms with E-state index in [9.17, 15) is 4.79 Å². The van der Waals surface area contributed by atoms with Crippen LogP contribution in [-0.2, 0) is 16.1 Å². The summed E-state index contributed by atoms with van der Waals surface area (Å²) in [7, 11) is 0. The molecule has 1 spiro atoms. The van der Waals surface area contributed by atoms with Crippen LogP contribution < -0.4 is 10.2 Å². The SMILES string of the molecule is O=C1CCCC[C@]2(CN(Cc3ccnc(N4CCOCC4)n3)C[C@H]2c2ccccc2)N1. The Kier molecular flexibility index (Phi) is 5.87. The Balaban J connectivity index is 1.37. The minimum absolute atomic E-state index is 0.192. The molecule has 2 aromatic rings. The molecule has 0 aliphatic carbocycles. The zero-order valence-electron chi connectivity index (χ0n) is 18.0. The molecule has 5 rings (SSSR count). The molecule has 0 bridgehead atoms. The van der Waals surface area contributed by atoms with E-state index < -0.39 is 0 Å². The first-order chi connectivity index (χ1) is 15.2. The fourth-order valence-electron chi connectivity index (χ4n) is 5.36. The lowest BCUT2D eigenvalue weighted by Gasteiger charge is -2.35. The van der Waals surface area contributed by atoms with Crippen molar-refractivity contribution < 1.29 is 9.53 Å². The number of likely N-dealkylation sites (tertiary alicyclic amines) is 1. The minimum Gasteiger partial charge on any atom is -0.378 e. The first-order valence-corrected chi connectivity index (χ1v) is 11.4. The van der Waals surface area contributed by atoms with Gasteiger partial charge in [-0.1, -0.05) is 36.8 Å². The lowest BCUT2D eigenvalue weighted by Crippen LogP contribution is -2.52. The van der Waals surface area contributed by atoms with Gasteiger partial charge in [0.1, 0.15) is 0 Å². The van der Waals surface area contributed by atoms with Gasteiger partial charge < -0.3 is 15.0 Å². The number of rotatable bonds is 4. The summed E-state index contributed by atoms with van der Waals surface area (Å²) in [4.78, 5) is 26.5. The molecule has 1 aromatic carbocycles. The smallest absolute Gasteiger partial charge is 0.225 e. The molecule has 4 heterocycles. The number of hydrogen-bond acceptors (Lipinski definition) is 6. The van der Waals surface area contributed by atoms with E-state index >= 15 is 0 Å². The molecule has 3 saturated heterocycles. The fourth-order valence-corrected chi connectivity index (χ4v) is 5.36. The number of benzene rings is 1. The number of anilines is 1. The molecule has 164 valence electrons. The van der Waals surface area contributed by atoms with E-state index in [1.54, 1.807) is 0 Å². The van der Waals surface area contributed by atoms with Gasteiger partial charge in [-0.2, -0.15) is 0 Å². The number of ether oxygens (including phenoxy) is 1. The third kappa shape index (κ3) is 4.43. The highest BCUT2D eigenvalue weighted by atomic mass is 16.5. The number of nitrogens with zero attached hydrogens (tertiary/aromatic N) is 4. The van der Waals surface area contributed by atoms with Crippen LogP contribution in [0.3, 0.4) is 0 Å². The monoisotopic (exact) mass is 421 g/mol. The summed E-state index contributed by atoms with van der Waals surface area (Å²) >= 11 is 0. The van der Waals surface area contributed by atoms with Crippen LogP contribution >= 0.6 is 0 Å². The van der Waals surface area contributed by atoms with Crippen molar-refractivity contribution in [3.05, 3.63) is 53.9 Å². The zero-order valence-corrected chi connectivity index (χ0v) is 18.0. The summed E-state index contributed by atoms with van der Waals surface area (Å²) in [6.07, 6.45) is 5.59. The second-order valence-electron chi connectivity index (χ2n) is 8.99. The van der Waals surface area contributed by atoms with Crippen LogP contribution in [0.15, 0.2) is 42.6 Å². The molecule has 3 aliphatic rings. The summed E-state index contributed by atoms with van der Waals surface area (Å²) in [6, 6.07) is 12.7. The van der Waals surface area contributed by atoms with E-state index in [1.165, 1.54) is 5.56 Å². The molecule has 3 aliphatic heterocycles. The van der Waals surface area contributed by atoms with Crippen molar-refractivity contribution in [1.29, 1.82) is 0 Å². The Morgan fingerprint density at radius 1 is 1.13 bits per heavy atom. The quantitative estimate of drug-likeness (QED) is 0.817. The van der Waals surface area contributed by atoms with Crippen LogP contribution in [0.5, 0.6) is 0 Å². The van der Waals surface area contributed by atoms with Gasteiger partial charge in [0.2, 0.25) is 11.9 Å². The normalized spacial score (nSPS) is 27.3. The maximum atomic E-state index is 12.5. The number of morpholine rings is 1. The molecule has 7 heteroatoms. The van der Waals surface area contributed by atoms with Gasteiger partial charge >= 0.3 is 0 Å². The van der Waals surface area contributed by atoms with Crippen LogP contribution in [0.1, 0.15) is 42.9 Å². The van der Waals surface area contributed by atoms with Crippen molar-refractivity contribution in [2.75, 3.05) is 44.3 Å². The summed E-state index contributed by atoms with van der Waals surface area (Å²) < 4.78 is 5.46. The molecule has 0 unspecified atom stereocenters. The first kappa shape index (κ1) is 20.4. The third-order valence-corrected chi connectivity index (χ3v) is 6.86. The van der Waals surface area contributed by atoms with Crippen LogP contribution in [0.4, 0.5) is 5.95 Å². The Labute approximate surface area is 183 Å². The molecule has 7 nitrogen and oxygen atoms in total. The second-order valence-corrected chi connectivity index (χ2v) is 8.99. The lowest BCUT2D eigenvalue weighted by atomic mass is 9.79. The van der Waals surface area contributed by atoms with Crippen molar-refractivity contribution in [2.45, 2.75) is 43.7 Å². The Morgan fingerprint density at radius 2 is 1.97 bits per heavy atom. The van der Waals surface area contributed by atoms with Crippen molar-refractivity contribution in [3.8, 4) is 0 Å². The summed E-state index contributed by atoms with van der Waals surface area (Å²) in [5.41, 5.74) is 2.14. The van der Waals surface area contributed by atoms with E-state index in [2.05, 4.69) is 50.4 Å². The van der Waals surface area contributed by atoms with Crippen molar-refractivity contribution in [2.24, 2.45) is 0 Å². The highest BCUT2D eigenvalue weighted by Gasteiger charge is 2.48. The van der Waals surface area contributed by atoms with Gasteiger partial charge in [0.05, 0.1) is 24.4 Å².